The number of carbonyl (C=O) groups excluding carboxylic acids is 2. The van der Waals surface area contributed by atoms with Gasteiger partial charge in [-0.15, -0.1) is 0 Å². The van der Waals surface area contributed by atoms with E-state index in [1.807, 2.05) is 0 Å². The van der Waals surface area contributed by atoms with Gasteiger partial charge in [-0.3, -0.25) is 14.0 Å². The number of carbonyl (C=O) groups is 2. The first-order chi connectivity index (χ1) is 7.65. The second kappa shape index (κ2) is 4.23. The van der Waals surface area contributed by atoms with E-state index < -0.39 is 0 Å². The number of nitrogens with zero attached hydrogens (tertiary/aromatic N) is 2. The Bertz CT molecular complexity index is 320. The Kier molecular flexibility index (Phi) is 2.94. The Morgan fingerprint density at radius 1 is 1.25 bits per heavy atom. The van der Waals surface area contributed by atoms with E-state index in [1.54, 1.807) is 9.80 Å². The zero-order chi connectivity index (χ0) is 11.7. The maximum Gasteiger partial charge on any atom is 0.246 e. The molecule has 0 aliphatic carbocycles. The average molecular weight is 226 g/mol. The minimum atomic E-state index is -0.352. The summed E-state index contributed by atoms with van der Waals surface area (Å²) in [5, 5.41) is 0. The molecule has 2 amide bonds. The molecule has 0 spiro atoms. The Morgan fingerprint density at radius 2 is 1.88 bits per heavy atom. The minimum absolute atomic E-state index is 0.0231. The lowest BCUT2D eigenvalue weighted by molar-refractivity contribution is -0.151. The highest BCUT2D eigenvalue weighted by atomic mass is 19.1. The first kappa shape index (κ1) is 11.1. The maximum absolute atomic E-state index is 12.2. The van der Waals surface area contributed by atoms with Crippen LogP contribution in [-0.4, -0.2) is 54.5 Å². The Morgan fingerprint density at radius 3 is 2.38 bits per heavy atom. The van der Waals surface area contributed by atoms with E-state index in [0.29, 0.717) is 26.2 Å². The van der Waals surface area contributed by atoms with Gasteiger partial charge in [0, 0.05) is 32.1 Å². The van der Waals surface area contributed by atoms with Crippen LogP contribution in [0.15, 0.2) is 12.7 Å². The van der Waals surface area contributed by atoms with Gasteiger partial charge in [0.1, 0.15) is 0 Å². The van der Waals surface area contributed by atoms with Crippen molar-refractivity contribution in [2.75, 3.05) is 32.9 Å². The molecule has 0 aromatic rings. The predicted molar refractivity (Wildman–Crippen MR) is 56.3 cm³/mol. The molecule has 0 saturated carbocycles. The van der Waals surface area contributed by atoms with Crippen molar-refractivity contribution in [3.63, 3.8) is 0 Å². The molecule has 88 valence electrons. The number of hydrogen-bond donors (Lipinski definition) is 0. The van der Waals surface area contributed by atoms with Crippen LogP contribution in [0.3, 0.4) is 0 Å². The van der Waals surface area contributed by atoms with Gasteiger partial charge < -0.3 is 9.80 Å². The van der Waals surface area contributed by atoms with Crippen LogP contribution in [0.1, 0.15) is 0 Å². The van der Waals surface area contributed by atoms with Gasteiger partial charge in [-0.2, -0.15) is 0 Å². The molecule has 2 aliphatic rings. The Labute approximate surface area is 93.7 Å². The first-order valence-corrected chi connectivity index (χ1v) is 5.41. The summed E-state index contributed by atoms with van der Waals surface area (Å²) in [5.41, 5.74) is 0. The molecule has 0 aromatic heterocycles. The molecule has 2 fully saturated rings. The molecular weight excluding hydrogens is 211 g/mol. The molecule has 2 heterocycles. The second-order valence-corrected chi connectivity index (χ2v) is 4.41. The van der Waals surface area contributed by atoms with Crippen LogP contribution in [0.2, 0.25) is 0 Å². The number of likely N-dealkylation sites (tertiary alicyclic amines) is 2. The summed E-state index contributed by atoms with van der Waals surface area (Å²) < 4.78 is 12.2. The van der Waals surface area contributed by atoms with Crippen LogP contribution in [0, 0.1) is 11.8 Å². The SMILES string of the molecule is C=CC(=O)N1CC(C(=O)N2CC(CF)C2)C1. The summed E-state index contributed by atoms with van der Waals surface area (Å²) in [6.07, 6.45) is 1.25. The van der Waals surface area contributed by atoms with Crippen LogP contribution in [0.5, 0.6) is 0 Å². The molecule has 0 radical (unpaired) electrons. The van der Waals surface area contributed by atoms with Crippen LogP contribution in [0.4, 0.5) is 4.39 Å². The minimum Gasteiger partial charge on any atom is -0.341 e. The van der Waals surface area contributed by atoms with Crippen molar-refractivity contribution in [2.45, 2.75) is 0 Å². The van der Waals surface area contributed by atoms with Crippen molar-refractivity contribution in [2.24, 2.45) is 11.8 Å². The highest BCUT2D eigenvalue weighted by Crippen LogP contribution is 2.23. The number of alkyl halides is 1. The topological polar surface area (TPSA) is 40.6 Å². The molecule has 0 atom stereocenters. The van der Waals surface area contributed by atoms with Gasteiger partial charge in [0.05, 0.1) is 12.6 Å². The average Bonchev–Trinajstić information content (AvgIpc) is 2.13. The summed E-state index contributed by atoms with van der Waals surface area (Å²) in [4.78, 5) is 26.2. The summed E-state index contributed by atoms with van der Waals surface area (Å²) >= 11 is 0. The van der Waals surface area contributed by atoms with Crippen LogP contribution in [-0.2, 0) is 9.59 Å². The lowest BCUT2D eigenvalue weighted by Gasteiger charge is -2.45. The van der Waals surface area contributed by atoms with Crippen molar-refractivity contribution in [3.05, 3.63) is 12.7 Å². The fraction of sp³-hybridized carbons (Fsp3) is 0.636. The molecular formula is C11H15FN2O2. The normalized spacial score (nSPS) is 21.3. The van der Waals surface area contributed by atoms with E-state index >= 15 is 0 Å². The fourth-order valence-electron chi connectivity index (χ4n) is 2.05. The number of halogens is 1. The molecule has 0 unspecified atom stereocenters. The molecule has 5 heteroatoms. The van der Waals surface area contributed by atoms with E-state index in [2.05, 4.69) is 6.58 Å². The van der Waals surface area contributed by atoms with E-state index in [9.17, 15) is 14.0 Å². The molecule has 2 rings (SSSR count). The third kappa shape index (κ3) is 1.81. The fourth-order valence-corrected chi connectivity index (χ4v) is 2.05. The first-order valence-electron chi connectivity index (χ1n) is 5.41. The smallest absolute Gasteiger partial charge is 0.246 e. The standard InChI is InChI=1S/C11H15FN2O2/c1-2-10(15)13-6-9(7-13)11(16)14-4-8(3-12)5-14/h2,8-9H,1,3-7H2. The van der Waals surface area contributed by atoms with Gasteiger partial charge in [0.15, 0.2) is 0 Å². The number of hydrogen-bond acceptors (Lipinski definition) is 2. The lowest BCUT2D eigenvalue weighted by Crippen LogP contribution is -2.60. The molecule has 4 nitrogen and oxygen atoms in total. The highest BCUT2D eigenvalue weighted by molar-refractivity contribution is 5.90. The van der Waals surface area contributed by atoms with Crippen molar-refractivity contribution in [1.29, 1.82) is 0 Å². The summed E-state index contributed by atoms with van der Waals surface area (Å²) in [6, 6.07) is 0. The van der Waals surface area contributed by atoms with Gasteiger partial charge in [0.2, 0.25) is 11.8 Å². The largest absolute Gasteiger partial charge is 0.341 e. The number of rotatable bonds is 3. The van der Waals surface area contributed by atoms with Gasteiger partial charge in [-0.25, -0.2) is 0 Å². The zero-order valence-electron chi connectivity index (χ0n) is 9.06. The molecule has 0 N–H and O–H groups in total. The van der Waals surface area contributed by atoms with Crippen molar-refractivity contribution >= 4 is 11.8 Å². The predicted octanol–water partition coefficient (Wildman–Crippen LogP) is 0.0587. The van der Waals surface area contributed by atoms with Crippen molar-refractivity contribution in [3.8, 4) is 0 Å². The quantitative estimate of drug-likeness (QED) is 0.638. The van der Waals surface area contributed by atoms with Gasteiger partial charge in [-0.1, -0.05) is 6.58 Å². The summed E-state index contributed by atoms with van der Waals surface area (Å²) in [7, 11) is 0. The third-order valence-electron chi connectivity index (χ3n) is 3.20. The van der Waals surface area contributed by atoms with Gasteiger partial charge >= 0.3 is 0 Å². The van der Waals surface area contributed by atoms with E-state index in [0.717, 1.165) is 0 Å². The lowest BCUT2D eigenvalue weighted by atomic mass is 9.93. The van der Waals surface area contributed by atoms with Crippen molar-refractivity contribution < 1.29 is 14.0 Å². The van der Waals surface area contributed by atoms with Crippen LogP contribution >= 0.6 is 0 Å². The Balaban J connectivity index is 1.74. The molecule has 16 heavy (non-hydrogen) atoms. The molecule has 0 bridgehead atoms. The molecule has 0 aromatic carbocycles. The monoisotopic (exact) mass is 226 g/mol. The third-order valence-corrected chi connectivity index (χ3v) is 3.20. The summed E-state index contributed by atoms with van der Waals surface area (Å²) in [6.45, 7) is 5.04. The molecule has 2 aliphatic heterocycles. The zero-order valence-corrected chi connectivity index (χ0v) is 9.06. The van der Waals surface area contributed by atoms with Gasteiger partial charge in [0.25, 0.3) is 0 Å². The molecule has 2 saturated heterocycles. The number of amides is 2. The maximum atomic E-state index is 12.2. The van der Waals surface area contributed by atoms with Crippen molar-refractivity contribution in [1.82, 2.24) is 9.80 Å². The second-order valence-electron chi connectivity index (χ2n) is 4.41. The Hall–Kier alpha value is -1.39. The van der Waals surface area contributed by atoms with E-state index in [1.165, 1.54) is 6.08 Å². The van der Waals surface area contributed by atoms with Crippen LogP contribution in [0.25, 0.3) is 0 Å². The van der Waals surface area contributed by atoms with E-state index in [4.69, 9.17) is 0 Å². The van der Waals surface area contributed by atoms with E-state index in [-0.39, 0.29) is 30.3 Å². The van der Waals surface area contributed by atoms with Gasteiger partial charge in [-0.05, 0) is 6.08 Å². The summed E-state index contributed by atoms with van der Waals surface area (Å²) in [5.74, 6) is -0.147. The van der Waals surface area contributed by atoms with Crippen LogP contribution < -0.4 is 0 Å². The highest BCUT2D eigenvalue weighted by Gasteiger charge is 2.40.